The van der Waals surface area contributed by atoms with Gasteiger partial charge in [0.25, 0.3) is 0 Å². The predicted molar refractivity (Wildman–Crippen MR) is 113 cm³/mol. The van der Waals surface area contributed by atoms with Crippen molar-refractivity contribution in [3.63, 3.8) is 0 Å². The van der Waals surface area contributed by atoms with E-state index < -0.39 is 5.60 Å². The van der Waals surface area contributed by atoms with E-state index in [1.165, 1.54) is 16.8 Å². The molecule has 138 valence electrons. The third kappa shape index (κ3) is 3.68. The number of rotatable bonds is 4. The lowest BCUT2D eigenvalue weighted by Crippen LogP contribution is -2.49. The third-order valence-electron chi connectivity index (χ3n) is 5.22. The topological polar surface area (TPSA) is 12.5 Å². The van der Waals surface area contributed by atoms with Crippen molar-refractivity contribution in [3.8, 4) is 5.75 Å². The molecule has 3 aromatic rings. The van der Waals surface area contributed by atoms with E-state index in [2.05, 4.69) is 73.3 Å². The summed E-state index contributed by atoms with van der Waals surface area (Å²) in [6, 6.07) is 27.1. The molecule has 0 aromatic heterocycles. The number of benzene rings is 3. The van der Waals surface area contributed by atoms with E-state index in [0.717, 1.165) is 18.7 Å². The molecule has 0 amide bonds. The van der Waals surface area contributed by atoms with Gasteiger partial charge in [-0.3, -0.25) is 0 Å². The zero-order valence-electron chi connectivity index (χ0n) is 15.7. The first-order chi connectivity index (χ1) is 13.0. The highest BCUT2D eigenvalue weighted by atomic mass is 35.5. The van der Waals surface area contributed by atoms with Gasteiger partial charge in [-0.2, -0.15) is 0 Å². The van der Waals surface area contributed by atoms with Crippen LogP contribution in [-0.4, -0.2) is 12.1 Å². The molecule has 0 radical (unpaired) electrons. The van der Waals surface area contributed by atoms with Gasteiger partial charge in [-0.05, 0) is 67.8 Å². The molecule has 1 aliphatic rings. The van der Waals surface area contributed by atoms with Gasteiger partial charge >= 0.3 is 0 Å². The van der Waals surface area contributed by atoms with Crippen molar-refractivity contribution in [3.05, 3.63) is 95.0 Å². The standard InChI is InChI=1S/C24H24ClNO/c1-24(2,27-21-14-12-19(25)13-15-21)23-22-11-7-6-8-18(22)16-17-26(23)20-9-4-3-5-10-20/h3-15,23H,16-17H2,1-2H3. The van der Waals surface area contributed by atoms with Gasteiger partial charge < -0.3 is 9.64 Å². The van der Waals surface area contributed by atoms with Gasteiger partial charge in [-0.1, -0.05) is 54.1 Å². The van der Waals surface area contributed by atoms with Crippen molar-refractivity contribution in [2.24, 2.45) is 0 Å². The Balaban J connectivity index is 1.75. The molecule has 3 aromatic carbocycles. The summed E-state index contributed by atoms with van der Waals surface area (Å²) in [5, 5.41) is 0.717. The fourth-order valence-electron chi connectivity index (χ4n) is 4.08. The molecule has 1 atom stereocenters. The molecule has 0 saturated carbocycles. The second-order valence-corrected chi connectivity index (χ2v) is 7.98. The van der Waals surface area contributed by atoms with Gasteiger partial charge in [0.1, 0.15) is 11.4 Å². The molecule has 0 bridgehead atoms. The zero-order valence-corrected chi connectivity index (χ0v) is 16.5. The van der Waals surface area contributed by atoms with Crippen LogP contribution < -0.4 is 9.64 Å². The van der Waals surface area contributed by atoms with Gasteiger partial charge in [-0.25, -0.2) is 0 Å². The Labute approximate surface area is 166 Å². The molecular formula is C24H24ClNO. The number of ether oxygens (including phenoxy) is 1. The normalized spacial score (nSPS) is 16.7. The lowest BCUT2D eigenvalue weighted by atomic mass is 9.83. The average Bonchev–Trinajstić information content (AvgIpc) is 2.69. The highest BCUT2D eigenvalue weighted by Crippen LogP contribution is 2.42. The van der Waals surface area contributed by atoms with Crippen LogP contribution in [0, 0.1) is 0 Å². The number of hydrogen-bond donors (Lipinski definition) is 0. The SMILES string of the molecule is CC(C)(Oc1ccc(Cl)cc1)C1c2ccccc2CCN1c1ccccc1. The van der Waals surface area contributed by atoms with E-state index >= 15 is 0 Å². The molecule has 1 unspecified atom stereocenters. The van der Waals surface area contributed by atoms with Crippen LogP contribution >= 0.6 is 11.6 Å². The largest absolute Gasteiger partial charge is 0.485 e. The molecule has 0 fully saturated rings. The molecule has 27 heavy (non-hydrogen) atoms. The first-order valence-electron chi connectivity index (χ1n) is 9.39. The van der Waals surface area contributed by atoms with Gasteiger partial charge in [0.15, 0.2) is 0 Å². The Bertz CT molecular complexity index is 905. The van der Waals surface area contributed by atoms with Crippen LogP contribution in [-0.2, 0) is 6.42 Å². The second-order valence-electron chi connectivity index (χ2n) is 7.54. The van der Waals surface area contributed by atoms with Crippen molar-refractivity contribution < 1.29 is 4.74 Å². The van der Waals surface area contributed by atoms with E-state index in [-0.39, 0.29) is 6.04 Å². The van der Waals surface area contributed by atoms with E-state index in [0.29, 0.717) is 5.02 Å². The fraction of sp³-hybridized carbons (Fsp3) is 0.250. The Morgan fingerprint density at radius 1 is 0.889 bits per heavy atom. The lowest BCUT2D eigenvalue weighted by Gasteiger charge is -2.47. The third-order valence-corrected chi connectivity index (χ3v) is 5.48. The Morgan fingerprint density at radius 3 is 2.30 bits per heavy atom. The summed E-state index contributed by atoms with van der Waals surface area (Å²) in [6.07, 6.45) is 1.04. The monoisotopic (exact) mass is 377 g/mol. The summed E-state index contributed by atoms with van der Waals surface area (Å²) >= 11 is 6.04. The minimum absolute atomic E-state index is 0.112. The molecule has 0 aliphatic carbocycles. The van der Waals surface area contributed by atoms with Gasteiger partial charge in [-0.15, -0.1) is 0 Å². The maximum Gasteiger partial charge on any atom is 0.128 e. The second kappa shape index (κ2) is 7.28. The molecular weight excluding hydrogens is 354 g/mol. The number of halogens is 1. The molecule has 3 heteroatoms. The van der Waals surface area contributed by atoms with Gasteiger partial charge in [0.05, 0.1) is 6.04 Å². The smallest absolute Gasteiger partial charge is 0.128 e. The number of anilines is 1. The number of hydrogen-bond acceptors (Lipinski definition) is 2. The van der Waals surface area contributed by atoms with Crippen LogP contribution in [0.4, 0.5) is 5.69 Å². The molecule has 0 saturated heterocycles. The Kier molecular flexibility index (Phi) is 4.84. The van der Waals surface area contributed by atoms with E-state index in [4.69, 9.17) is 16.3 Å². The van der Waals surface area contributed by atoms with Gasteiger partial charge in [0.2, 0.25) is 0 Å². The van der Waals surface area contributed by atoms with Crippen LogP contribution in [0.3, 0.4) is 0 Å². The van der Waals surface area contributed by atoms with Crippen molar-refractivity contribution in [2.75, 3.05) is 11.4 Å². The number of nitrogens with zero attached hydrogens (tertiary/aromatic N) is 1. The maximum absolute atomic E-state index is 6.50. The number of fused-ring (bicyclic) bond motifs is 1. The molecule has 1 aliphatic heterocycles. The van der Waals surface area contributed by atoms with Crippen LogP contribution in [0.15, 0.2) is 78.9 Å². The van der Waals surface area contributed by atoms with Crippen LogP contribution in [0.25, 0.3) is 0 Å². The van der Waals surface area contributed by atoms with Crippen LogP contribution in [0.5, 0.6) is 5.75 Å². The van der Waals surface area contributed by atoms with Crippen molar-refractivity contribution in [1.29, 1.82) is 0 Å². The Morgan fingerprint density at radius 2 is 1.56 bits per heavy atom. The fourth-order valence-corrected chi connectivity index (χ4v) is 4.20. The lowest BCUT2D eigenvalue weighted by molar-refractivity contribution is 0.0734. The molecule has 2 nitrogen and oxygen atoms in total. The van der Waals surface area contributed by atoms with E-state index in [1.807, 2.05) is 24.3 Å². The minimum atomic E-state index is -0.430. The van der Waals surface area contributed by atoms with Gasteiger partial charge in [0, 0.05) is 17.3 Å². The summed E-state index contributed by atoms with van der Waals surface area (Å²) in [5.74, 6) is 0.834. The summed E-state index contributed by atoms with van der Waals surface area (Å²) in [5.41, 5.74) is 3.54. The molecule has 4 rings (SSSR count). The zero-order chi connectivity index (χ0) is 18.9. The average molecular weight is 378 g/mol. The summed E-state index contributed by atoms with van der Waals surface area (Å²) in [7, 11) is 0. The van der Waals surface area contributed by atoms with Crippen LogP contribution in [0.1, 0.15) is 31.0 Å². The summed E-state index contributed by atoms with van der Waals surface area (Å²) in [6.45, 7) is 5.31. The highest BCUT2D eigenvalue weighted by Gasteiger charge is 2.41. The van der Waals surface area contributed by atoms with Crippen molar-refractivity contribution in [2.45, 2.75) is 31.9 Å². The van der Waals surface area contributed by atoms with E-state index in [9.17, 15) is 0 Å². The van der Waals surface area contributed by atoms with Crippen molar-refractivity contribution >= 4 is 17.3 Å². The highest BCUT2D eigenvalue weighted by molar-refractivity contribution is 6.30. The summed E-state index contributed by atoms with van der Waals surface area (Å²) < 4.78 is 6.50. The summed E-state index contributed by atoms with van der Waals surface area (Å²) in [4.78, 5) is 2.47. The molecule has 1 heterocycles. The predicted octanol–water partition coefficient (Wildman–Crippen LogP) is 6.30. The molecule has 0 spiro atoms. The molecule has 0 N–H and O–H groups in total. The van der Waals surface area contributed by atoms with Crippen LogP contribution in [0.2, 0.25) is 5.02 Å². The maximum atomic E-state index is 6.50. The quantitative estimate of drug-likeness (QED) is 0.528. The first-order valence-corrected chi connectivity index (χ1v) is 9.76. The Hall–Kier alpha value is -2.45. The van der Waals surface area contributed by atoms with Crippen molar-refractivity contribution in [1.82, 2.24) is 0 Å². The number of para-hydroxylation sites is 1. The minimum Gasteiger partial charge on any atom is -0.485 e. The van der Waals surface area contributed by atoms with E-state index in [1.54, 1.807) is 0 Å². The first kappa shape index (κ1) is 17.9.